The van der Waals surface area contributed by atoms with Crippen molar-refractivity contribution in [1.82, 2.24) is 9.88 Å². The molecule has 0 aromatic carbocycles. The van der Waals surface area contributed by atoms with E-state index in [1.165, 1.54) is 0 Å². The number of carbonyl (C=O) groups excluding carboxylic acids is 1. The van der Waals surface area contributed by atoms with Gasteiger partial charge in [-0.05, 0) is 56.2 Å². The molecule has 2 heterocycles. The van der Waals surface area contributed by atoms with Crippen LogP contribution in [0.2, 0.25) is 0 Å². The molecule has 1 aliphatic carbocycles. The molecule has 0 radical (unpaired) electrons. The fourth-order valence-corrected chi connectivity index (χ4v) is 3.37. The van der Waals surface area contributed by atoms with Crippen LogP contribution in [0.25, 0.3) is 0 Å². The molecular weight excluding hydrogens is 292 g/mol. The van der Waals surface area contributed by atoms with Crippen LogP contribution in [0.3, 0.4) is 0 Å². The predicted molar refractivity (Wildman–Crippen MR) is 86.8 cm³/mol. The Kier molecular flexibility index (Phi) is 4.97. The van der Waals surface area contributed by atoms with Gasteiger partial charge in [-0.1, -0.05) is 0 Å². The van der Waals surface area contributed by atoms with Gasteiger partial charge in [-0.2, -0.15) is 0 Å². The highest BCUT2D eigenvalue weighted by Gasteiger charge is 2.41. The lowest BCUT2D eigenvalue weighted by Crippen LogP contribution is -2.51. The van der Waals surface area contributed by atoms with Crippen molar-refractivity contribution in [3.05, 3.63) is 30.1 Å². The normalized spacial score (nSPS) is 21.9. The Morgan fingerprint density at radius 1 is 1.39 bits per heavy atom. The molecule has 23 heavy (non-hydrogen) atoms. The van der Waals surface area contributed by atoms with Gasteiger partial charge in [0.25, 0.3) is 5.91 Å². The van der Waals surface area contributed by atoms with Gasteiger partial charge in [0.2, 0.25) is 0 Å². The van der Waals surface area contributed by atoms with Crippen LogP contribution in [-0.2, 0) is 16.0 Å². The second-order valence-electron chi connectivity index (χ2n) is 6.80. The highest BCUT2D eigenvalue weighted by molar-refractivity contribution is 5.81. The van der Waals surface area contributed by atoms with Crippen molar-refractivity contribution in [2.75, 3.05) is 19.7 Å². The molecule has 0 bridgehead atoms. The first-order chi connectivity index (χ1) is 11.1. The van der Waals surface area contributed by atoms with Gasteiger partial charge in [0, 0.05) is 38.5 Å². The van der Waals surface area contributed by atoms with Gasteiger partial charge in [-0.15, -0.1) is 0 Å². The largest absolute Gasteiger partial charge is 0.389 e. The van der Waals surface area contributed by atoms with Gasteiger partial charge in [-0.25, -0.2) is 0 Å². The minimum atomic E-state index is -0.723. The summed E-state index contributed by atoms with van der Waals surface area (Å²) in [5.74, 6) is 0.514. The SMILES string of the molecule is CCOC(C(=O)N1CCC(O)(Cc2ccncc2)CC1)C1CC1. The lowest BCUT2D eigenvalue weighted by Gasteiger charge is -2.39. The summed E-state index contributed by atoms with van der Waals surface area (Å²) in [6.45, 7) is 3.73. The molecule has 1 atom stereocenters. The second-order valence-corrected chi connectivity index (χ2v) is 6.80. The summed E-state index contributed by atoms with van der Waals surface area (Å²) < 4.78 is 5.67. The van der Waals surface area contributed by atoms with E-state index in [0.717, 1.165) is 18.4 Å². The lowest BCUT2D eigenvalue weighted by molar-refractivity contribution is -0.149. The number of carbonyl (C=O) groups is 1. The molecule has 1 aromatic heterocycles. The van der Waals surface area contributed by atoms with Gasteiger partial charge in [-0.3, -0.25) is 9.78 Å². The highest BCUT2D eigenvalue weighted by Crippen LogP contribution is 2.36. The zero-order valence-electron chi connectivity index (χ0n) is 13.8. The number of hydrogen-bond acceptors (Lipinski definition) is 4. The van der Waals surface area contributed by atoms with Gasteiger partial charge in [0.05, 0.1) is 5.60 Å². The number of pyridine rings is 1. The third-order valence-electron chi connectivity index (χ3n) is 4.93. The number of hydrogen-bond donors (Lipinski definition) is 1. The Morgan fingerprint density at radius 3 is 2.61 bits per heavy atom. The summed E-state index contributed by atoms with van der Waals surface area (Å²) in [6.07, 6.45) is 7.27. The summed E-state index contributed by atoms with van der Waals surface area (Å²) in [5, 5.41) is 10.8. The van der Waals surface area contributed by atoms with Gasteiger partial charge >= 0.3 is 0 Å². The van der Waals surface area contributed by atoms with Crippen molar-refractivity contribution in [2.24, 2.45) is 5.92 Å². The maximum Gasteiger partial charge on any atom is 0.251 e. The van der Waals surface area contributed by atoms with E-state index in [1.54, 1.807) is 12.4 Å². The monoisotopic (exact) mass is 318 g/mol. The molecule has 1 unspecified atom stereocenters. The molecular formula is C18H26N2O3. The Hall–Kier alpha value is -1.46. The van der Waals surface area contributed by atoms with Crippen molar-refractivity contribution in [3.63, 3.8) is 0 Å². The van der Waals surface area contributed by atoms with Crippen molar-refractivity contribution < 1.29 is 14.6 Å². The van der Waals surface area contributed by atoms with Crippen molar-refractivity contribution in [3.8, 4) is 0 Å². The standard InChI is InChI=1S/C18H26N2O3/c1-2-23-16(15-3-4-15)17(21)20-11-7-18(22,8-12-20)13-14-5-9-19-10-6-14/h5-6,9-10,15-16,22H,2-4,7-8,11-13H2,1H3. The maximum absolute atomic E-state index is 12.7. The quantitative estimate of drug-likeness (QED) is 0.869. The molecule has 1 aliphatic heterocycles. The fourth-order valence-electron chi connectivity index (χ4n) is 3.37. The van der Waals surface area contributed by atoms with E-state index < -0.39 is 5.60 Å². The fraction of sp³-hybridized carbons (Fsp3) is 0.667. The van der Waals surface area contributed by atoms with Crippen LogP contribution < -0.4 is 0 Å². The molecule has 1 amide bonds. The molecule has 0 spiro atoms. The van der Waals surface area contributed by atoms with E-state index in [1.807, 2.05) is 24.0 Å². The van der Waals surface area contributed by atoms with Crippen LogP contribution in [0.15, 0.2) is 24.5 Å². The van der Waals surface area contributed by atoms with Crippen molar-refractivity contribution >= 4 is 5.91 Å². The summed E-state index contributed by atoms with van der Waals surface area (Å²) in [5.41, 5.74) is 0.367. The highest BCUT2D eigenvalue weighted by atomic mass is 16.5. The van der Waals surface area contributed by atoms with Crippen molar-refractivity contribution in [2.45, 2.75) is 50.7 Å². The Balaban J connectivity index is 1.56. The molecule has 3 rings (SSSR count). The Bertz CT molecular complexity index is 522. The number of aromatic nitrogens is 1. The van der Waals surface area contributed by atoms with E-state index >= 15 is 0 Å². The van der Waals surface area contributed by atoms with E-state index in [4.69, 9.17) is 4.74 Å². The Labute approximate surface area is 137 Å². The van der Waals surface area contributed by atoms with Crippen LogP contribution >= 0.6 is 0 Å². The van der Waals surface area contributed by atoms with Crippen LogP contribution in [0.5, 0.6) is 0 Å². The molecule has 2 aliphatic rings. The molecule has 2 fully saturated rings. The smallest absolute Gasteiger partial charge is 0.251 e. The van der Waals surface area contributed by atoms with Crippen molar-refractivity contribution in [1.29, 1.82) is 0 Å². The molecule has 126 valence electrons. The van der Waals surface area contributed by atoms with Crippen LogP contribution in [0.4, 0.5) is 0 Å². The molecule has 1 saturated heterocycles. The number of nitrogens with zero attached hydrogens (tertiary/aromatic N) is 2. The second kappa shape index (κ2) is 6.97. The van der Waals surface area contributed by atoms with Crippen LogP contribution in [0, 0.1) is 5.92 Å². The average Bonchev–Trinajstić information content (AvgIpc) is 3.38. The number of rotatable bonds is 6. The first-order valence-electron chi connectivity index (χ1n) is 8.63. The summed E-state index contributed by atoms with van der Waals surface area (Å²) in [7, 11) is 0. The van der Waals surface area contributed by atoms with Crippen LogP contribution in [0.1, 0.15) is 38.2 Å². The van der Waals surface area contributed by atoms with Gasteiger partial charge in [0.15, 0.2) is 0 Å². The topological polar surface area (TPSA) is 62.7 Å². The first kappa shape index (κ1) is 16.4. The number of aliphatic hydroxyl groups is 1. The van der Waals surface area contributed by atoms with E-state index in [2.05, 4.69) is 4.98 Å². The number of piperidine rings is 1. The van der Waals surface area contributed by atoms with E-state index in [9.17, 15) is 9.90 Å². The summed E-state index contributed by atoms with van der Waals surface area (Å²) in [4.78, 5) is 18.5. The minimum Gasteiger partial charge on any atom is -0.389 e. The van der Waals surface area contributed by atoms with Crippen LogP contribution in [-0.4, -0.2) is 52.3 Å². The van der Waals surface area contributed by atoms with Gasteiger partial charge in [0.1, 0.15) is 6.10 Å². The average molecular weight is 318 g/mol. The number of likely N-dealkylation sites (tertiary alicyclic amines) is 1. The number of ether oxygens (including phenoxy) is 1. The zero-order chi connectivity index (χ0) is 16.3. The van der Waals surface area contributed by atoms with E-state index in [-0.39, 0.29) is 12.0 Å². The third-order valence-corrected chi connectivity index (χ3v) is 4.93. The molecule has 1 saturated carbocycles. The minimum absolute atomic E-state index is 0.111. The first-order valence-corrected chi connectivity index (χ1v) is 8.63. The maximum atomic E-state index is 12.7. The summed E-state index contributed by atoms with van der Waals surface area (Å²) in [6, 6.07) is 3.88. The molecule has 1 aromatic rings. The third kappa shape index (κ3) is 4.09. The lowest BCUT2D eigenvalue weighted by atomic mass is 9.85. The Morgan fingerprint density at radius 2 is 2.04 bits per heavy atom. The number of amides is 1. The molecule has 1 N–H and O–H groups in total. The molecule has 5 nitrogen and oxygen atoms in total. The van der Waals surface area contributed by atoms with Gasteiger partial charge < -0.3 is 14.7 Å². The predicted octanol–water partition coefficient (Wildman–Crippen LogP) is 1.79. The molecule has 5 heteroatoms. The van der Waals surface area contributed by atoms with E-state index in [0.29, 0.717) is 44.9 Å². The summed E-state index contributed by atoms with van der Waals surface area (Å²) >= 11 is 0. The zero-order valence-corrected chi connectivity index (χ0v) is 13.8.